The molecule has 1 aliphatic carbocycles. The zero-order valence-electron chi connectivity index (χ0n) is 8.30. The third-order valence-corrected chi connectivity index (χ3v) is 3.76. The molecule has 1 nitrogen and oxygen atoms in total. The number of carbonyl (C=O) groups excluding carboxylic acids is 1. The van der Waals surface area contributed by atoms with Gasteiger partial charge in [0.15, 0.2) is 6.29 Å². The molecule has 0 unspecified atom stereocenters. The van der Waals surface area contributed by atoms with Gasteiger partial charge in [-0.15, -0.1) is 0 Å². The molecule has 0 atom stereocenters. The minimum Gasteiger partial charge on any atom is -0.298 e. The van der Waals surface area contributed by atoms with Gasteiger partial charge in [0.05, 0.1) is 5.56 Å². The highest BCUT2D eigenvalue weighted by Crippen LogP contribution is 2.37. The molecule has 3 heteroatoms. The van der Waals surface area contributed by atoms with Crippen LogP contribution in [0.2, 0.25) is 0 Å². The lowest BCUT2D eigenvalue weighted by Gasteiger charge is -2.12. The molecule has 0 aromatic heterocycles. The van der Waals surface area contributed by atoms with Gasteiger partial charge in [-0.05, 0) is 46.3 Å². The SMILES string of the molecule is O=Cc1c(Br)ccc(C2CCCC2)c1F. The number of hydrogen-bond donors (Lipinski definition) is 0. The Morgan fingerprint density at radius 3 is 2.60 bits per heavy atom. The Bertz CT molecular complexity index is 383. The van der Waals surface area contributed by atoms with Crippen LogP contribution in [0.1, 0.15) is 47.5 Å². The predicted molar refractivity (Wildman–Crippen MR) is 60.7 cm³/mol. The van der Waals surface area contributed by atoms with E-state index in [1.165, 1.54) is 0 Å². The molecule has 0 aliphatic heterocycles. The van der Waals surface area contributed by atoms with E-state index in [1.807, 2.05) is 0 Å². The number of rotatable bonds is 2. The van der Waals surface area contributed by atoms with Crippen molar-refractivity contribution in [3.63, 3.8) is 0 Å². The first kappa shape index (κ1) is 10.8. The molecule has 0 spiro atoms. The first-order valence-corrected chi connectivity index (χ1v) is 5.96. The topological polar surface area (TPSA) is 17.1 Å². The number of benzene rings is 1. The lowest BCUT2D eigenvalue weighted by Crippen LogP contribution is -2.01. The largest absolute Gasteiger partial charge is 0.298 e. The summed E-state index contributed by atoms with van der Waals surface area (Å²) >= 11 is 3.18. The highest BCUT2D eigenvalue weighted by atomic mass is 79.9. The van der Waals surface area contributed by atoms with Crippen molar-refractivity contribution in [2.45, 2.75) is 31.6 Å². The molecule has 0 N–H and O–H groups in total. The van der Waals surface area contributed by atoms with Crippen LogP contribution in [0.3, 0.4) is 0 Å². The molecule has 0 amide bonds. The van der Waals surface area contributed by atoms with Gasteiger partial charge >= 0.3 is 0 Å². The van der Waals surface area contributed by atoms with Gasteiger partial charge in [-0.3, -0.25) is 4.79 Å². The third kappa shape index (κ3) is 1.98. The molecule has 1 fully saturated rings. The molecule has 1 aliphatic rings. The third-order valence-electron chi connectivity index (χ3n) is 3.07. The van der Waals surface area contributed by atoms with E-state index in [2.05, 4.69) is 15.9 Å². The van der Waals surface area contributed by atoms with Crippen molar-refractivity contribution in [1.82, 2.24) is 0 Å². The summed E-state index contributed by atoms with van der Waals surface area (Å²) in [6.07, 6.45) is 4.98. The average molecular weight is 271 g/mol. The standard InChI is InChI=1S/C12H12BrFO/c13-11-6-5-9(8-3-1-2-4-8)12(14)10(11)7-15/h5-8H,1-4H2. The fourth-order valence-corrected chi connectivity index (χ4v) is 2.65. The van der Waals surface area contributed by atoms with Crippen LogP contribution in [-0.2, 0) is 0 Å². The van der Waals surface area contributed by atoms with Crippen molar-refractivity contribution in [2.24, 2.45) is 0 Å². The van der Waals surface area contributed by atoms with Gasteiger partial charge < -0.3 is 0 Å². The zero-order chi connectivity index (χ0) is 10.8. The van der Waals surface area contributed by atoms with E-state index in [0.29, 0.717) is 22.2 Å². The average Bonchev–Trinajstić information content (AvgIpc) is 2.71. The van der Waals surface area contributed by atoms with E-state index in [4.69, 9.17) is 0 Å². The Hall–Kier alpha value is -0.700. The molecule has 0 radical (unpaired) electrons. The minimum atomic E-state index is -0.341. The maximum atomic E-state index is 13.9. The molecule has 0 bridgehead atoms. The smallest absolute Gasteiger partial charge is 0.154 e. The molecule has 0 heterocycles. The van der Waals surface area contributed by atoms with E-state index < -0.39 is 0 Å². The fraction of sp³-hybridized carbons (Fsp3) is 0.417. The summed E-state index contributed by atoms with van der Waals surface area (Å²) in [6, 6.07) is 3.56. The Balaban J connectivity index is 2.43. The van der Waals surface area contributed by atoms with Crippen molar-refractivity contribution in [3.05, 3.63) is 33.5 Å². The molecule has 15 heavy (non-hydrogen) atoms. The predicted octanol–water partition coefficient (Wildman–Crippen LogP) is 4.06. The summed E-state index contributed by atoms with van der Waals surface area (Å²) < 4.78 is 14.5. The number of halogens is 2. The van der Waals surface area contributed by atoms with E-state index in [0.717, 1.165) is 25.7 Å². The van der Waals surface area contributed by atoms with Crippen LogP contribution >= 0.6 is 15.9 Å². The maximum absolute atomic E-state index is 13.9. The van der Waals surface area contributed by atoms with Gasteiger partial charge in [-0.25, -0.2) is 4.39 Å². The Morgan fingerprint density at radius 1 is 1.33 bits per heavy atom. The van der Waals surface area contributed by atoms with E-state index in [1.54, 1.807) is 12.1 Å². The highest BCUT2D eigenvalue weighted by molar-refractivity contribution is 9.10. The Kier molecular flexibility index (Phi) is 3.19. The van der Waals surface area contributed by atoms with Crippen LogP contribution in [0.4, 0.5) is 4.39 Å². The molecule has 2 rings (SSSR count). The molecular formula is C12H12BrFO. The zero-order valence-corrected chi connectivity index (χ0v) is 9.89. The summed E-state index contributed by atoms with van der Waals surface area (Å²) in [4.78, 5) is 10.7. The maximum Gasteiger partial charge on any atom is 0.154 e. The quantitative estimate of drug-likeness (QED) is 0.741. The van der Waals surface area contributed by atoms with E-state index in [-0.39, 0.29) is 11.4 Å². The van der Waals surface area contributed by atoms with Crippen molar-refractivity contribution in [1.29, 1.82) is 0 Å². The van der Waals surface area contributed by atoms with Crippen LogP contribution in [0, 0.1) is 5.82 Å². The molecule has 1 aromatic rings. The second kappa shape index (κ2) is 4.44. The van der Waals surface area contributed by atoms with Crippen LogP contribution in [0.25, 0.3) is 0 Å². The number of aldehydes is 1. The van der Waals surface area contributed by atoms with Gasteiger partial charge in [-0.1, -0.05) is 18.9 Å². The lowest BCUT2D eigenvalue weighted by atomic mass is 9.95. The van der Waals surface area contributed by atoms with Crippen LogP contribution in [-0.4, -0.2) is 6.29 Å². The van der Waals surface area contributed by atoms with Crippen molar-refractivity contribution in [2.75, 3.05) is 0 Å². The summed E-state index contributed by atoms with van der Waals surface area (Å²) in [6.45, 7) is 0. The molecule has 1 saturated carbocycles. The Labute approximate surface area is 96.8 Å². The van der Waals surface area contributed by atoms with Crippen molar-refractivity contribution < 1.29 is 9.18 Å². The number of hydrogen-bond acceptors (Lipinski definition) is 1. The summed E-state index contributed by atoms with van der Waals surface area (Å²) in [5.41, 5.74) is 0.859. The van der Waals surface area contributed by atoms with Crippen LogP contribution in [0.5, 0.6) is 0 Å². The summed E-state index contributed by atoms with van der Waals surface area (Å²) in [7, 11) is 0. The Morgan fingerprint density at radius 2 is 2.00 bits per heavy atom. The monoisotopic (exact) mass is 270 g/mol. The van der Waals surface area contributed by atoms with Crippen molar-refractivity contribution >= 4 is 22.2 Å². The van der Waals surface area contributed by atoms with Gasteiger partial charge in [0, 0.05) is 4.47 Å². The van der Waals surface area contributed by atoms with Crippen LogP contribution in [0.15, 0.2) is 16.6 Å². The number of carbonyl (C=O) groups is 1. The van der Waals surface area contributed by atoms with Gasteiger partial charge in [0.25, 0.3) is 0 Å². The van der Waals surface area contributed by atoms with E-state index in [9.17, 15) is 9.18 Å². The van der Waals surface area contributed by atoms with Gasteiger partial charge in [0.1, 0.15) is 5.82 Å². The fourth-order valence-electron chi connectivity index (χ4n) is 2.25. The van der Waals surface area contributed by atoms with Gasteiger partial charge in [-0.2, -0.15) is 0 Å². The normalized spacial score (nSPS) is 16.9. The van der Waals surface area contributed by atoms with Gasteiger partial charge in [0.2, 0.25) is 0 Å². The molecule has 0 saturated heterocycles. The van der Waals surface area contributed by atoms with Crippen LogP contribution < -0.4 is 0 Å². The van der Waals surface area contributed by atoms with Crippen molar-refractivity contribution in [3.8, 4) is 0 Å². The first-order valence-electron chi connectivity index (χ1n) is 5.17. The summed E-state index contributed by atoms with van der Waals surface area (Å²) in [5, 5.41) is 0. The first-order chi connectivity index (χ1) is 7.24. The molecule has 80 valence electrons. The minimum absolute atomic E-state index is 0.152. The van der Waals surface area contributed by atoms with E-state index >= 15 is 0 Å². The summed E-state index contributed by atoms with van der Waals surface area (Å²) in [5.74, 6) is -0.0388. The second-order valence-electron chi connectivity index (χ2n) is 3.96. The molecular weight excluding hydrogens is 259 g/mol. The second-order valence-corrected chi connectivity index (χ2v) is 4.82. The molecule has 1 aromatic carbocycles. The lowest BCUT2D eigenvalue weighted by molar-refractivity contribution is 0.111. The highest BCUT2D eigenvalue weighted by Gasteiger charge is 2.22.